The first-order valence-electron chi connectivity index (χ1n) is 5.15. The van der Waals surface area contributed by atoms with Gasteiger partial charge in [0.15, 0.2) is 11.9 Å². The van der Waals surface area contributed by atoms with Crippen LogP contribution in [0.3, 0.4) is 0 Å². The van der Waals surface area contributed by atoms with Gasteiger partial charge in [-0.1, -0.05) is 0 Å². The average molecular weight is 224 g/mol. The van der Waals surface area contributed by atoms with Gasteiger partial charge in [0, 0.05) is 6.07 Å². The summed E-state index contributed by atoms with van der Waals surface area (Å²) >= 11 is 0. The highest BCUT2D eigenvalue weighted by Gasteiger charge is 2.19. The Labute approximate surface area is 95.8 Å². The van der Waals surface area contributed by atoms with Crippen molar-refractivity contribution >= 4 is 5.97 Å². The number of methoxy groups -OCH3 is 1. The van der Waals surface area contributed by atoms with Crippen LogP contribution in [0.4, 0.5) is 0 Å². The van der Waals surface area contributed by atoms with Gasteiger partial charge in [0.25, 0.3) is 0 Å². The fourth-order valence-corrected chi connectivity index (χ4v) is 1.24. The molecule has 0 aromatic carbocycles. The first kappa shape index (κ1) is 12.5. The highest BCUT2D eigenvalue weighted by Crippen LogP contribution is 2.07. The molecule has 1 aromatic heterocycles. The third kappa shape index (κ3) is 4.29. The van der Waals surface area contributed by atoms with Crippen molar-refractivity contribution in [3.05, 3.63) is 24.5 Å². The van der Waals surface area contributed by atoms with E-state index in [0.29, 0.717) is 5.75 Å². The number of rotatable bonds is 3. The van der Waals surface area contributed by atoms with Crippen LogP contribution >= 0.6 is 0 Å². The predicted molar refractivity (Wildman–Crippen MR) is 59.0 cm³/mol. The highest BCUT2D eigenvalue weighted by atomic mass is 16.6. The normalized spacial score (nSPS) is 11.0. The summed E-state index contributed by atoms with van der Waals surface area (Å²) in [6, 6.07) is 3.65. The lowest BCUT2D eigenvalue weighted by molar-refractivity contribution is -0.686. The quantitative estimate of drug-likeness (QED) is 0.574. The average Bonchev–Trinajstić information content (AvgIpc) is 2.15. The number of hydrogen-bond donors (Lipinski definition) is 0. The molecule has 0 amide bonds. The molecule has 0 aliphatic heterocycles. The molecule has 16 heavy (non-hydrogen) atoms. The molecule has 4 nitrogen and oxygen atoms in total. The summed E-state index contributed by atoms with van der Waals surface area (Å²) in [6.07, 6.45) is 3.55. The molecular formula is C12H18NO3+. The van der Waals surface area contributed by atoms with E-state index < -0.39 is 5.60 Å². The maximum Gasteiger partial charge on any atom is 0.373 e. The summed E-state index contributed by atoms with van der Waals surface area (Å²) in [5.74, 6) is 0.455. The molecule has 0 aliphatic rings. The predicted octanol–water partition coefficient (Wildman–Crippen LogP) is 1.32. The zero-order chi connectivity index (χ0) is 12.2. The van der Waals surface area contributed by atoms with Gasteiger partial charge in [-0.05, 0) is 26.8 Å². The van der Waals surface area contributed by atoms with Crippen molar-refractivity contribution in [2.24, 2.45) is 0 Å². The summed E-state index contributed by atoms with van der Waals surface area (Å²) in [4.78, 5) is 11.5. The molecule has 0 N–H and O–H groups in total. The van der Waals surface area contributed by atoms with Gasteiger partial charge < -0.3 is 9.47 Å². The van der Waals surface area contributed by atoms with Gasteiger partial charge in [-0.2, -0.15) is 4.57 Å². The number of esters is 1. The number of aromatic nitrogens is 1. The Morgan fingerprint density at radius 1 is 1.44 bits per heavy atom. The molecule has 0 unspecified atom stereocenters. The zero-order valence-electron chi connectivity index (χ0n) is 10.2. The van der Waals surface area contributed by atoms with Crippen LogP contribution in [0.5, 0.6) is 5.75 Å². The van der Waals surface area contributed by atoms with E-state index in [1.165, 1.54) is 0 Å². The second-order valence-electron chi connectivity index (χ2n) is 4.50. The molecule has 1 heterocycles. The summed E-state index contributed by atoms with van der Waals surface area (Å²) < 4.78 is 12.0. The monoisotopic (exact) mass is 224 g/mol. The van der Waals surface area contributed by atoms with E-state index in [1.807, 2.05) is 32.9 Å². The van der Waals surface area contributed by atoms with E-state index in [4.69, 9.17) is 9.47 Å². The van der Waals surface area contributed by atoms with Crippen LogP contribution in [0.15, 0.2) is 24.5 Å². The molecule has 0 bridgehead atoms. The highest BCUT2D eigenvalue weighted by molar-refractivity contribution is 5.68. The number of carbonyl (C=O) groups excluding carboxylic acids is 1. The standard InChI is InChI=1S/C12H18NO3/c1-12(2,3)16-11(14)9-13-7-5-6-10(8-13)15-4/h5-8H,9H2,1-4H3/q+1. The van der Waals surface area contributed by atoms with Crippen molar-refractivity contribution in [3.63, 3.8) is 0 Å². The minimum atomic E-state index is -0.448. The van der Waals surface area contributed by atoms with Gasteiger partial charge in [0.05, 0.1) is 7.11 Å². The molecule has 0 spiro atoms. The molecule has 88 valence electrons. The Morgan fingerprint density at radius 2 is 2.12 bits per heavy atom. The van der Waals surface area contributed by atoms with Gasteiger partial charge in [-0.25, -0.2) is 4.79 Å². The largest absolute Gasteiger partial charge is 0.491 e. The molecule has 0 aliphatic carbocycles. The van der Waals surface area contributed by atoms with Crippen molar-refractivity contribution < 1.29 is 18.8 Å². The van der Waals surface area contributed by atoms with Crippen molar-refractivity contribution in [1.29, 1.82) is 0 Å². The Balaban J connectivity index is 2.62. The van der Waals surface area contributed by atoms with E-state index >= 15 is 0 Å². The third-order valence-corrected chi connectivity index (χ3v) is 1.80. The van der Waals surface area contributed by atoms with Gasteiger partial charge in [0.1, 0.15) is 5.60 Å². The lowest BCUT2D eigenvalue weighted by atomic mass is 10.2. The summed E-state index contributed by atoms with van der Waals surface area (Å²) in [6.45, 7) is 5.73. The summed E-state index contributed by atoms with van der Waals surface area (Å²) in [5.41, 5.74) is -0.448. The maximum atomic E-state index is 11.5. The smallest absolute Gasteiger partial charge is 0.373 e. The van der Waals surface area contributed by atoms with Crippen LogP contribution in [0, 0.1) is 0 Å². The second-order valence-corrected chi connectivity index (χ2v) is 4.50. The third-order valence-electron chi connectivity index (χ3n) is 1.80. The van der Waals surface area contributed by atoms with Gasteiger partial charge in [-0.3, -0.25) is 0 Å². The fraction of sp³-hybridized carbons (Fsp3) is 0.500. The van der Waals surface area contributed by atoms with E-state index in [0.717, 1.165) is 0 Å². The van der Waals surface area contributed by atoms with Gasteiger partial charge >= 0.3 is 5.97 Å². The van der Waals surface area contributed by atoms with Crippen LogP contribution in [-0.2, 0) is 16.1 Å². The van der Waals surface area contributed by atoms with Crippen molar-refractivity contribution in [1.82, 2.24) is 0 Å². The Kier molecular flexibility index (Phi) is 3.88. The molecule has 0 radical (unpaired) electrons. The lowest BCUT2D eigenvalue weighted by Gasteiger charge is -2.18. The first-order chi connectivity index (χ1) is 7.40. The SMILES string of the molecule is COc1ccc[n+](CC(=O)OC(C)(C)C)c1. The lowest BCUT2D eigenvalue weighted by Crippen LogP contribution is -2.40. The number of carbonyl (C=O) groups is 1. The molecule has 0 saturated carbocycles. The number of ether oxygens (including phenoxy) is 2. The molecule has 1 aromatic rings. The molecule has 4 heteroatoms. The van der Waals surface area contributed by atoms with Gasteiger partial charge in [-0.15, -0.1) is 0 Å². The van der Waals surface area contributed by atoms with Crippen molar-refractivity contribution in [2.45, 2.75) is 32.9 Å². The van der Waals surface area contributed by atoms with Crippen LogP contribution in [0.1, 0.15) is 20.8 Å². The number of pyridine rings is 1. The minimum Gasteiger partial charge on any atom is -0.491 e. The Bertz CT molecular complexity index is 369. The fourth-order valence-electron chi connectivity index (χ4n) is 1.24. The number of hydrogen-bond acceptors (Lipinski definition) is 3. The van der Waals surface area contributed by atoms with Crippen LogP contribution in [0.2, 0.25) is 0 Å². The van der Waals surface area contributed by atoms with E-state index in [1.54, 1.807) is 24.1 Å². The topological polar surface area (TPSA) is 39.4 Å². The Morgan fingerprint density at radius 3 is 2.69 bits per heavy atom. The number of nitrogens with zero attached hydrogens (tertiary/aromatic N) is 1. The molecule has 0 atom stereocenters. The molecule has 1 rings (SSSR count). The van der Waals surface area contributed by atoms with E-state index in [2.05, 4.69) is 0 Å². The zero-order valence-corrected chi connectivity index (χ0v) is 10.2. The molecule has 0 fully saturated rings. The van der Waals surface area contributed by atoms with E-state index in [9.17, 15) is 4.79 Å². The van der Waals surface area contributed by atoms with Crippen molar-refractivity contribution in [2.75, 3.05) is 7.11 Å². The summed E-state index contributed by atoms with van der Waals surface area (Å²) in [7, 11) is 1.59. The van der Waals surface area contributed by atoms with Crippen LogP contribution < -0.4 is 9.30 Å². The molecular weight excluding hydrogens is 206 g/mol. The second kappa shape index (κ2) is 4.96. The first-order valence-corrected chi connectivity index (χ1v) is 5.15. The minimum absolute atomic E-state index is 0.189. The summed E-state index contributed by atoms with van der Waals surface area (Å²) in [5, 5.41) is 0. The van der Waals surface area contributed by atoms with Crippen molar-refractivity contribution in [3.8, 4) is 5.75 Å². The Hall–Kier alpha value is -1.58. The van der Waals surface area contributed by atoms with Gasteiger partial charge in [0.2, 0.25) is 12.7 Å². The molecule has 0 saturated heterocycles. The van der Waals surface area contributed by atoms with Crippen LogP contribution in [0.25, 0.3) is 0 Å². The maximum absolute atomic E-state index is 11.5. The van der Waals surface area contributed by atoms with Crippen LogP contribution in [-0.4, -0.2) is 18.7 Å². The van der Waals surface area contributed by atoms with E-state index in [-0.39, 0.29) is 12.5 Å².